The summed E-state index contributed by atoms with van der Waals surface area (Å²) in [5, 5.41) is 7.59. The van der Waals surface area contributed by atoms with Crippen molar-refractivity contribution < 1.29 is 0 Å². The van der Waals surface area contributed by atoms with Gasteiger partial charge in [-0.2, -0.15) is 10.2 Å². The van der Waals surface area contributed by atoms with Crippen molar-refractivity contribution in [1.29, 1.82) is 0 Å². The van der Waals surface area contributed by atoms with Gasteiger partial charge in [0.25, 0.3) is 0 Å². The molecular formula is C10H14N4. The molecule has 1 N–H and O–H groups in total. The van der Waals surface area contributed by atoms with Crippen molar-refractivity contribution in [2.75, 3.05) is 0 Å². The summed E-state index contributed by atoms with van der Waals surface area (Å²) >= 11 is 0. The molecule has 0 amide bonds. The number of nitrogens with zero attached hydrogens (tertiary/aromatic N) is 3. The molecule has 0 aromatic carbocycles. The van der Waals surface area contributed by atoms with Crippen molar-refractivity contribution in [3.05, 3.63) is 18.2 Å². The normalized spacial score (nSPS) is 10.9. The third-order valence-corrected chi connectivity index (χ3v) is 2.26. The van der Waals surface area contributed by atoms with Gasteiger partial charge in [-0.05, 0) is 6.42 Å². The van der Waals surface area contributed by atoms with Gasteiger partial charge in [0.2, 0.25) is 0 Å². The number of H-pyrrole nitrogens is 1. The van der Waals surface area contributed by atoms with E-state index < -0.39 is 0 Å². The first-order chi connectivity index (χ1) is 6.90. The second-order valence-electron chi connectivity index (χ2n) is 3.43. The average molecular weight is 190 g/mol. The molecule has 2 aromatic heterocycles. The van der Waals surface area contributed by atoms with Gasteiger partial charge < -0.3 is 4.98 Å². The zero-order chi connectivity index (χ0) is 9.80. The molecule has 4 heteroatoms. The Hall–Kier alpha value is -1.45. The fourth-order valence-corrected chi connectivity index (χ4v) is 1.49. The van der Waals surface area contributed by atoms with Gasteiger partial charge in [0, 0.05) is 6.42 Å². The number of aromatic amines is 1. The zero-order valence-corrected chi connectivity index (χ0v) is 8.32. The Balaban J connectivity index is 2.11. The molecule has 4 nitrogen and oxygen atoms in total. The van der Waals surface area contributed by atoms with E-state index in [0.29, 0.717) is 0 Å². The van der Waals surface area contributed by atoms with Gasteiger partial charge in [0.1, 0.15) is 11.3 Å². The van der Waals surface area contributed by atoms with Crippen LogP contribution in [0, 0.1) is 0 Å². The number of hydrogen-bond acceptors (Lipinski definition) is 3. The maximum Gasteiger partial charge on any atom is 0.110 e. The first kappa shape index (κ1) is 9.12. The molecular weight excluding hydrogens is 176 g/mol. The average Bonchev–Trinajstić information content (AvgIpc) is 2.60. The van der Waals surface area contributed by atoms with E-state index in [2.05, 4.69) is 27.1 Å². The van der Waals surface area contributed by atoms with Gasteiger partial charge in [0.15, 0.2) is 0 Å². The van der Waals surface area contributed by atoms with Gasteiger partial charge in [-0.3, -0.25) is 0 Å². The van der Waals surface area contributed by atoms with E-state index >= 15 is 0 Å². The molecule has 0 aliphatic rings. The third-order valence-electron chi connectivity index (χ3n) is 2.26. The van der Waals surface area contributed by atoms with Crippen LogP contribution < -0.4 is 0 Å². The lowest BCUT2D eigenvalue weighted by Gasteiger charge is -1.93. The van der Waals surface area contributed by atoms with E-state index in [-0.39, 0.29) is 0 Å². The van der Waals surface area contributed by atoms with Crippen molar-refractivity contribution in [2.45, 2.75) is 32.6 Å². The van der Waals surface area contributed by atoms with Crippen molar-refractivity contribution in [3.63, 3.8) is 0 Å². The highest BCUT2D eigenvalue weighted by Crippen LogP contribution is 2.09. The number of hydrogen-bond donors (Lipinski definition) is 1. The molecule has 0 unspecified atom stereocenters. The van der Waals surface area contributed by atoms with Crippen LogP contribution in [0.25, 0.3) is 11.0 Å². The quantitative estimate of drug-likeness (QED) is 0.751. The van der Waals surface area contributed by atoms with Crippen molar-refractivity contribution >= 4 is 11.0 Å². The molecule has 0 bridgehead atoms. The summed E-state index contributed by atoms with van der Waals surface area (Å²) < 4.78 is 0. The minimum Gasteiger partial charge on any atom is -0.341 e. The van der Waals surface area contributed by atoms with Crippen LogP contribution in [0.1, 0.15) is 32.0 Å². The number of aryl methyl sites for hydroxylation is 1. The summed E-state index contributed by atoms with van der Waals surface area (Å²) in [5.74, 6) is 1.04. The topological polar surface area (TPSA) is 54.5 Å². The highest BCUT2D eigenvalue weighted by atomic mass is 15.1. The molecule has 14 heavy (non-hydrogen) atoms. The first-order valence-electron chi connectivity index (χ1n) is 5.05. The van der Waals surface area contributed by atoms with Crippen LogP contribution in [0.2, 0.25) is 0 Å². The molecule has 2 aromatic rings. The maximum absolute atomic E-state index is 4.43. The van der Waals surface area contributed by atoms with E-state index in [4.69, 9.17) is 0 Å². The maximum atomic E-state index is 4.43. The van der Waals surface area contributed by atoms with Crippen molar-refractivity contribution in [3.8, 4) is 0 Å². The smallest absolute Gasteiger partial charge is 0.110 e. The number of fused-ring (bicyclic) bond motifs is 1. The van der Waals surface area contributed by atoms with Crippen LogP contribution in [0.15, 0.2) is 12.4 Å². The minimum atomic E-state index is 0.909. The van der Waals surface area contributed by atoms with Gasteiger partial charge >= 0.3 is 0 Å². The Bertz CT molecular complexity index is 374. The molecule has 2 heterocycles. The second kappa shape index (κ2) is 4.17. The van der Waals surface area contributed by atoms with E-state index in [0.717, 1.165) is 23.3 Å². The largest absolute Gasteiger partial charge is 0.341 e. The molecule has 0 saturated carbocycles. The lowest BCUT2D eigenvalue weighted by molar-refractivity contribution is 0.700. The fourth-order valence-electron chi connectivity index (χ4n) is 1.49. The zero-order valence-electron chi connectivity index (χ0n) is 8.32. The molecule has 0 aliphatic heterocycles. The molecule has 2 rings (SSSR count). The first-order valence-corrected chi connectivity index (χ1v) is 5.05. The highest BCUT2D eigenvalue weighted by Gasteiger charge is 2.01. The summed E-state index contributed by atoms with van der Waals surface area (Å²) in [6.45, 7) is 2.20. The van der Waals surface area contributed by atoms with Crippen LogP contribution >= 0.6 is 0 Å². The van der Waals surface area contributed by atoms with E-state index in [1.54, 1.807) is 12.4 Å². The number of nitrogens with one attached hydrogen (secondary N) is 1. The molecule has 0 aliphatic carbocycles. The monoisotopic (exact) mass is 190 g/mol. The van der Waals surface area contributed by atoms with Crippen molar-refractivity contribution in [1.82, 2.24) is 20.2 Å². The Morgan fingerprint density at radius 2 is 2.07 bits per heavy atom. The molecule has 74 valence electrons. The summed E-state index contributed by atoms with van der Waals surface area (Å²) in [5.41, 5.74) is 1.89. The fraction of sp³-hybridized carbons (Fsp3) is 0.500. The Morgan fingerprint density at radius 1 is 1.21 bits per heavy atom. The summed E-state index contributed by atoms with van der Waals surface area (Å²) in [7, 11) is 0. The number of imidazole rings is 1. The standard InChI is InChI=1S/C10H14N4/c1-2-3-4-5-10-13-8-6-11-12-7-9(8)14-10/h6-7H,2-5H2,1H3,(H,13,14). The number of aromatic nitrogens is 4. The van der Waals surface area contributed by atoms with Gasteiger partial charge in [-0.15, -0.1) is 0 Å². The minimum absolute atomic E-state index is 0.909. The van der Waals surface area contributed by atoms with Crippen LogP contribution in [0.5, 0.6) is 0 Å². The molecule has 0 radical (unpaired) electrons. The molecule has 0 fully saturated rings. The summed E-state index contributed by atoms with van der Waals surface area (Å²) in [6, 6.07) is 0. The van der Waals surface area contributed by atoms with E-state index in [1.807, 2.05) is 0 Å². The van der Waals surface area contributed by atoms with Crippen LogP contribution in [-0.4, -0.2) is 20.2 Å². The second-order valence-corrected chi connectivity index (χ2v) is 3.43. The Morgan fingerprint density at radius 3 is 2.86 bits per heavy atom. The lowest BCUT2D eigenvalue weighted by Crippen LogP contribution is -1.87. The predicted molar refractivity (Wildman–Crippen MR) is 54.9 cm³/mol. The van der Waals surface area contributed by atoms with Gasteiger partial charge in [-0.25, -0.2) is 4.98 Å². The SMILES string of the molecule is CCCCCc1nc2cnncc2[nH]1. The lowest BCUT2D eigenvalue weighted by atomic mass is 10.2. The Kier molecular flexibility index (Phi) is 2.72. The molecule has 0 saturated heterocycles. The number of rotatable bonds is 4. The summed E-state index contributed by atoms with van der Waals surface area (Å²) in [4.78, 5) is 7.67. The van der Waals surface area contributed by atoms with Gasteiger partial charge in [-0.1, -0.05) is 19.8 Å². The van der Waals surface area contributed by atoms with E-state index in [1.165, 1.54) is 19.3 Å². The summed E-state index contributed by atoms with van der Waals surface area (Å²) in [6.07, 6.45) is 8.11. The number of unbranched alkanes of at least 4 members (excludes halogenated alkanes) is 2. The van der Waals surface area contributed by atoms with Gasteiger partial charge in [0.05, 0.1) is 17.9 Å². The predicted octanol–water partition coefficient (Wildman–Crippen LogP) is 2.09. The third kappa shape index (κ3) is 1.89. The Labute approximate surface area is 82.8 Å². The highest BCUT2D eigenvalue weighted by molar-refractivity contribution is 5.72. The molecule has 0 spiro atoms. The molecule has 0 atom stereocenters. The van der Waals surface area contributed by atoms with Crippen molar-refractivity contribution in [2.24, 2.45) is 0 Å². The van der Waals surface area contributed by atoms with Crippen LogP contribution in [0.4, 0.5) is 0 Å². The van der Waals surface area contributed by atoms with Crippen LogP contribution in [0.3, 0.4) is 0 Å². The van der Waals surface area contributed by atoms with Crippen LogP contribution in [-0.2, 0) is 6.42 Å². The van der Waals surface area contributed by atoms with E-state index in [9.17, 15) is 0 Å².